The van der Waals surface area contributed by atoms with Crippen LogP contribution >= 0.6 is 0 Å². The molecule has 259 valence electrons. The second-order valence-corrected chi connectivity index (χ2v) is 20.0. The van der Waals surface area contributed by atoms with Crippen LogP contribution in [0.3, 0.4) is 0 Å². The maximum absolute atomic E-state index is 11.7. The zero-order valence-electron chi connectivity index (χ0n) is 30.0. The Kier molecular flexibility index (Phi) is 11.8. The van der Waals surface area contributed by atoms with Crippen LogP contribution in [-0.4, -0.2) is 28.3 Å². The fourth-order valence-electron chi connectivity index (χ4n) is 7.78. The summed E-state index contributed by atoms with van der Waals surface area (Å²) < 4.78 is 2.43. The number of aliphatic hydroxyl groups excluding tert-OH is 1. The minimum absolute atomic E-state index is 0. The minimum Gasteiger partial charge on any atom is -0.512 e. The molecular formula is C43H51IrN2O2Si-. The van der Waals surface area contributed by atoms with Crippen LogP contribution in [0.5, 0.6) is 0 Å². The number of aliphatic hydroxyl groups is 1. The van der Waals surface area contributed by atoms with Crippen molar-refractivity contribution in [1.29, 1.82) is 0 Å². The molecule has 1 saturated heterocycles. The van der Waals surface area contributed by atoms with Crippen LogP contribution in [0.1, 0.15) is 77.7 Å². The molecule has 0 amide bonds. The molecule has 1 aliphatic rings. The van der Waals surface area contributed by atoms with Crippen molar-refractivity contribution in [2.75, 3.05) is 0 Å². The van der Waals surface area contributed by atoms with E-state index in [0.717, 1.165) is 42.0 Å². The Labute approximate surface area is 306 Å². The average Bonchev–Trinajstić information content (AvgIpc) is 3.48. The van der Waals surface area contributed by atoms with Gasteiger partial charge in [0.2, 0.25) is 0 Å². The van der Waals surface area contributed by atoms with Gasteiger partial charge in [-0.15, -0.1) is 17.5 Å². The molecule has 0 spiro atoms. The first-order valence-corrected chi connectivity index (χ1v) is 21.6. The van der Waals surface area contributed by atoms with Gasteiger partial charge in [-0.1, -0.05) is 100 Å². The first-order chi connectivity index (χ1) is 23.2. The second kappa shape index (κ2) is 15.7. The van der Waals surface area contributed by atoms with Crippen molar-refractivity contribution < 1.29 is 30.0 Å². The van der Waals surface area contributed by atoms with Crippen LogP contribution < -0.4 is 0 Å². The van der Waals surface area contributed by atoms with Crippen LogP contribution in [0, 0.1) is 17.9 Å². The van der Waals surface area contributed by atoms with Crippen molar-refractivity contribution in [1.82, 2.24) is 9.38 Å². The normalized spacial score (nSPS) is 15.3. The summed E-state index contributed by atoms with van der Waals surface area (Å²) in [5.41, 5.74) is 6.25. The molecule has 1 fully saturated rings. The minimum atomic E-state index is -0.943. The first-order valence-electron chi connectivity index (χ1n) is 18.2. The SMILES string of the molecule is CCC(CC)C(=O)/C=C(\O)C(CC)CC.C[Si]1(C)CCC(c2ccc3c(c2)cc2c4cccnc4c4[c-]c5ccccc5cc4n32)CC1.[Ir]. The molecule has 0 aliphatic carbocycles. The fourth-order valence-corrected chi connectivity index (χ4v) is 10.3. The van der Waals surface area contributed by atoms with E-state index in [1.165, 1.54) is 69.3 Å². The molecule has 4 nitrogen and oxygen atoms in total. The summed E-state index contributed by atoms with van der Waals surface area (Å²) >= 11 is 0. The van der Waals surface area contributed by atoms with Gasteiger partial charge in [0, 0.05) is 74.2 Å². The zero-order valence-corrected chi connectivity index (χ0v) is 33.4. The van der Waals surface area contributed by atoms with Crippen molar-refractivity contribution in [2.45, 2.75) is 97.3 Å². The molecule has 6 aromatic rings. The summed E-state index contributed by atoms with van der Waals surface area (Å²) in [7, 11) is -0.943. The van der Waals surface area contributed by atoms with Gasteiger partial charge >= 0.3 is 0 Å². The average molecular weight is 848 g/mol. The quantitative estimate of drug-likeness (QED) is 0.0415. The van der Waals surface area contributed by atoms with Gasteiger partial charge in [0.15, 0.2) is 5.78 Å². The van der Waals surface area contributed by atoms with Gasteiger partial charge in [-0.05, 0) is 85.2 Å². The molecule has 6 heteroatoms. The molecule has 0 atom stereocenters. The molecule has 1 radical (unpaired) electrons. The van der Waals surface area contributed by atoms with Crippen LogP contribution in [0.25, 0.3) is 49.0 Å². The molecule has 49 heavy (non-hydrogen) atoms. The second-order valence-electron chi connectivity index (χ2n) is 14.6. The van der Waals surface area contributed by atoms with Gasteiger partial charge in [-0.25, -0.2) is 0 Å². The van der Waals surface area contributed by atoms with Gasteiger partial charge in [0.1, 0.15) is 0 Å². The van der Waals surface area contributed by atoms with E-state index >= 15 is 0 Å². The van der Waals surface area contributed by atoms with Crippen LogP contribution in [0.2, 0.25) is 25.2 Å². The number of aromatic nitrogens is 2. The van der Waals surface area contributed by atoms with Gasteiger partial charge in [0.05, 0.1) is 5.76 Å². The molecule has 1 aliphatic heterocycles. The van der Waals surface area contributed by atoms with E-state index < -0.39 is 8.07 Å². The number of benzene rings is 3. The Hall–Kier alpha value is -3.31. The number of hydrogen-bond acceptors (Lipinski definition) is 3. The molecule has 0 unspecified atom stereocenters. The fraction of sp³-hybridized carbons (Fsp3) is 0.395. The third kappa shape index (κ3) is 7.57. The topological polar surface area (TPSA) is 54.6 Å². The van der Waals surface area contributed by atoms with Crippen molar-refractivity contribution in [3.05, 3.63) is 96.4 Å². The number of allylic oxidation sites excluding steroid dienone is 2. The number of carbonyl (C=O) groups is 1. The Morgan fingerprint density at radius 3 is 2.24 bits per heavy atom. The third-order valence-electron chi connectivity index (χ3n) is 11.0. The Bertz CT molecular complexity index is 2110. The number of carbonyl (C=O) groups excluding carboxylic acids is 1. The number of fused-ring (bicyclic) bond motifs is 9. The smallest absolute Gasteiger partial charge is 0.162 e. The maximum atomic E-state index is 11.7. The van der Waals surface area contributed by atoms with E-state index in [4.69, 9.17) is 4.98 Å². The Balaban J connectivity index is 0.000000252. The molecule has 3 aromatic heterocycles. The van der Waals surface area contributed by atoms with Crippen molar-refractivity contribution in [3.63, 3.8) is 0 Å². The van der Waals surface area contributed by atoms with Gasteiger partial charge in [0.25, 0.3) is 0 Å². The Morgan fingerprint density at radius 1 is 0.878 bits per heavy atom. The van der Waals surface area contributed by atoms with E-state index in [1.54, 1.807) is 0 Å². The number of pyridine rings is 2. The van der Waals surface area contributed by atoms with Gasteiger partial charge in [-0.3, -0.25) is 9.78 Å². The summed E-state index contributed by atoms with van der Waals surface area (Å²) in [6.07, 6.45) is 9.52. The number of rotatable bonds is 8. The van der Waals surface area contributed by atoms with E-state index in [2.05, 4.69) is 84.2 Å². The van der Waals surface area contributed by atoms with Crippen LogP contribution in [-0.2, 0) is 24.9 Å². The van der Waals surface area contributed by atoms with E-state index in [1.807, 2.05) is 40.0 Å². The summed E-state index contributed by atoms with van der Waals surface area (Å²) in [4.78, 5) is 16.5. The van der Waals surface area contributed by atoms with Gasteiger partial charge < -0.3 is 9.51 Å². The molecule has 0 saturated carbocycles. The number of ketones is 1. The van der Waals surface area contributed by atoms with Crippen molar-refractivity contribution in [3.8, 4) is 0 Å². The number of nitrogens with zero attached hydrogens (tertiary/aromatic N) is 2. The standard InChI is InChI=1S/C30H27N2Si.C13H24O2.Ir/c1-33(2)14-11-20(12-15-33)23-9-10-27-24(16-23)19-28-25-8-5-13-31-30(25)26-17-21-6-3-4-7-22(21)18-29(26)32(27)28;1-5-10(6-2)12(14)9-13(15)11(7-3)8-4;/h3-10,13,16,18-20H,11-12,14-15H2,1-2H3;9-11,14H,5-8H2,1-4H3;/q-1;;/b;12-9-;. The predicted octanol–water partition coefficient (Wildman–Crippen LogP) is 12.2. The molecule has 3 aromatic carbocycles. The third-order valence-corrected chi connectivity index (χ3v) is 14.3. The first kappa shape index (κ1) is 37.0. The molecule has 7 rings (SSSR count). The van der Waals surface area contributed by atoms with E-state index in [0.29, 0.717) is 5.92 Å². The molecular weight excluding hydrogens is 797 g/mol. The molecule has 1 N–H and O–H groups in total. The Morgan fingerprint density at radius 2 is 1.55 bits per heavy atom. The van der Waals surface area contributed by atoms with Crippen molar-refractivity contribution >= 4 is 62.9 Å². The van der Waals surface area contributed by atoms with Crippen LogP contribution in [0.15, 0.2) is 84.8 Å². The van der Waals surface area contributed by atoms with E-state index in [-0.39, 0.29) is 43.5 Å². The van der Waals surface area contributed by atoms with Crippen molar-refractivity contribution in [2.24, 2.45) is 11.8 Å². The molecule has 0 bridgehead atoms. The van der Waals surface area contributed by atoms with Gasteiger partial charge in [-0.2, -0.15) is 0 Å². The van der Waals surface area contributed by atoms with Crippen LogP contribution in [0.4, 0.5) is 0 Å². The summed E-state index contributed by atoms with van der Waals surface area (Å²) in [5, 5.41) is 15.7. The molecule has 4 heterocycles. The summed E-state index contributed by atoms with van der Waals surface area (Å²) in [5.74, 6) is 1.26. The largest absolute Gasteiger partial charge is 0.512 e. The zero-order chi connectivity index (χ0) is 34.0. The van der Waals surface area contributed by atoms with E-state index in [9.17, 15) is 9.90 Å². The maximum Gasteiger partial charge on any atom is 0.162 e. The number of hydrogen-bond donors (Lipinski definition) is 1. The monoisotopic (exact) mass is 848 g/mol. The summed E-state index contributed by atoms with van der Waals surface area (Å²) in [6.45, 7) is 13.2. The predicted molar refractivity (Wildman–Crippen MR) is 207 cm³/mol. The summed E-state index contributed by atoms with van der Waals surface area (Å²) in [6, 6.07) is 31.2.